The van der Waals surface area contributed by atoms with Crippen LogP contribution < -0.4 is 10.2 Å². The van der Waals surface area contributed by atoms with Crippen molar-refractivity contribution < 1.29 is 14.3 Å². The molecule has 0 spiro atoms. The average Bonchev–Trinajstić information content (AvgIpc) is 2.67. The van der Waals surface area contributed by atoms with E-state index in [1.165, 1.54) is 12.1 Å². The number of carbonyl (C=O) groups is 1. The Bertz CT molecular complexity index is 886. The SMILES string of the molecule is O=C(O)C1CC(N2CCN(c3ccc(F)cc3)CC2)c2c(Cl)cc(Cl)cc2N1. The number of piperazine rings is 1. The minimum Gasteiger partial charge on any atom is -0.480 e. The Morgan fingerprint density at radius 2 is 1.79 bits per heavy atom. The highest BCUT2D eigenvalue weighted by Gasteiger charge is 2.36. The molecule has 2 aliphatic heterocycles. The molecule has 0 radical (unpaired) electrons. The second-order valence-electron chi connectivity index (χ2n) is 7.13. The number of nitrogens with one attached hydrogen (secondary N) is 1. The lowest BCUT2D eigenvalue weighted by molar-refractivity contribution is -0.138. The van der Waals surface area contributed by atoms with Gasteiger partial charge in [-0.2, -0.15) is 0 Å². The van der Waals surface area contributed by atoms with E-state index in [1.54, 1.807) is 24.3 Å². The summed E-state index contributed by atoms with van der Waals surface area (Å²) in [5, 5.41) is 13.6. The molecule has 1 saturated heterocycles. The van der Waals surface area contributed by atoms with Crippen molar-refractivity contribution in [1.29, 1.82) is 0 Å². The Kier molecular flexibility index (Phi) is 5.36. The van der Waals surface area contributed by atoms with E-state index in [1.807, 2.05) is 0 Å². The highest BCUT2D eigenvalue weighted by Crippen LogP contribution is 2.43. The first-order valence-corrected chi connectivity index (χ1v) is 9.91. The van der Waals surface area contributed by atoms with E-state index in [-0.39, 0.29) is 11.9 Å². The van der Waals surface area contributed by atoms with E-state index in [2.05, 4.69) is 15.1 Å². The van der Waals surface area contributed by atoms with E-state index < -0.39 is 12.0 Å². The minimum absolute atomic E-state index is 0.0996. The predicted molar refractivity (Wildman–Crippen MR) is 109 cm³/mol. The van der Waals surface area contributed by atoms with Crippen LogP contribution in [0.15, 0.2) is 36.4 Å². The number of hydrogen-bond acceptors (Lipinski definition) is 4. The quantitative estimate of drug-likeness (QED) is 0.771. The fourth-order valence-electron chi connectivity index (χ4n) is 4.07. The number of carboxylic acids is 1. The minimum atomic E-state index is -0.892. The molecular weight excluding hydrogens is 404 g/mol. The molecule has 5 nitrogen and oxygen atoms in total. The summed E-state index contributed by atoms with van der Waals surface area (Å²) in [6.07, 6.45) is 0.431. The molecule has 8 heteroatoms. The Balaban J connectivity index is 1.56. The van der Waals surface area contributed by atoms with Crippen LogP contribution in [-0.2, 0) is 4.79 Å². The van der Waals surface area contributed by atoms with Crippen molar-refractivity contribution in [3.8, 4) is 0 Å². The number of fused-ring (bicyclic) bond motifs is 1. The van der Waals surface area contributed by atoms with E-state index in [4.69, 9.17) is 23.2 Å². The third-order valence-electron chi connectivity index (χ3n) is 5.46. The first kappa shape index (κ1) is 19.3. The molecular formula is C20H20Cl2FN3O2. The number of nitrogens with zero attached hydrogens (tertiary/aromatic N) is 2. The molecule has 28 heavy (non-hydrogen) atoms. The van der Waals surface area contributed by atoms with Gasteiger partial charge in [0.25, 0.3) is 0 Å². The Hall–Kier alpha value is -2.02. The van der Waals surface area contributed by atoms with Crippen molar-refractivity contribution >= 4 is 40.5 Å². The Morgan fingerprint density at radius 3 is 2.43 bits per heavy atom. The molecule has 1 fully saturated rings. The molecule has 2 aromatic rings. The van der Waals surface area contributed by atoms with Gasteiger partial charge in [-0.15, -0.1) is 0 Å². The van der Waals surface area contributed by atoms with Crippen LogP contribution in [0.2, 0.25) is 10.0 Å². The molecule has 0 aliphatic carbocycles. The normalized spacial score (nSPS) is 22.5. The van der Waals surface area contributed by atoms with Crippen LogP contribution in [0.4, 0.5) is 15.8 Å². The highest BCUT2D eigenvalue weighted by molar-refractivity contribution is 6.35. The van der Waals surface area contributed by atoms with Gasteiger partial charge in [0.1, 0.15) is 11.9 Å². The first-order chi connectivity index (χ1) is 13.4. The van der Waals surface area contributed by atoms with Gasteiger partial charge in [0.2, 0.25) is 0 Å². The zero-order chi connectivity index (χ0) is 19.8. The summed E-state index contributed by atoms with van der Waals surface area (Å²) >= 11 is 12.6. The number of halogens is 3. The molecule has 0 bridgehead atoms. The van der Waals surface area contributed by atoms with Crippen molar-refractivity contribution in [2.45, 2.75) is 18.5 Å². The van der Waals surface area contributed by atoms with Crippen LogP contribution in [0.25, 0.3) is 0 Å². The maximum Gasteiger partial charge on any atom is 0.326 e. The van der Waals surface area contributed by atoms with Crippen molar-refractivity contribution in [1.82, 2.24) is 4.90 Å². The van der Waals surface area contributed by atoms with Crippen LogP contribution in [0, 0.1) is 5.82 Å². The van der Waals surface area contributed by atoms with Gasteiger partial charge in [-0.25, -0.2) is 9.18 Å². The van der Waals surface area contributed by atoms with Crippen LogP contribution in [-0.4, -0.2) is 48.2 Å². The molecule has 0 saturated carbocycles. The summed E-state index contributed by atoms with van der Waals surface area (Å²) in [4.78, 5) is 16.1. The zero-order valence-corrected chi connectivity index (χ0v) is 16.5. The molecule has 2 N–H and O–H groups in total. The zero-order valence-electron chi connectivity index (χ0n) is 15.0. The van der Waals surface area contributed by atoms with Gasteiger partial charge in [-0.3, -0.25) is 4.90 Å². The highest BCUT2D eigenvalue weighted by atomic mass is 35.5. The summed E-state index contributed by atoms with van der Waals surface area (Å²) in [6, 6.07) is 9.14. The lowest BCUT2D eigenvalue weighted by Gasteiger charge is -2.43. The van der Waals surface area contributed by atoms with Gasteiger partial charge in [0.15, 0.2) is 0 Å². The second-order valence-corrected chi connectivity index (χ2v) is 7.98. The fraction of sp³-hybridized carbons (Fsp3) is 0.350. The van der Waals surface area contributed by atoms with Crippen molar-refractivity contribution in [2.75, 3.05) is 36.4 Å². The largest absolute Gasteiger partial charge is 0.480 e. The van der Waals surface area contributed by atoms with Crippen LogP contribution in [0.3, 0.4) is 0 Å². The number of aliphatic carboxylic acids is 1. The summed E-state index contributed by atoms with van der Waals surface area (Å²) in [7, 11) is 0. The van der Waals surface area contributed by atoms with Gasteiger partial charge in [0.05, 0.1) is 0 Å². The molecule has 0 aromatic heterocycles. The average molecular weight is 424 g/mol. The van der Waals surface area contributed by atoms with E-state index in [0.717, 1.165) is 37.4 Å². The lowest BCUT2D eigenvalue weighted by atomic mass is 9.91. The third kappa shape index (κ3) is 3.77. The van der Waals surface area contributed by atoms with Crippen molar-refractivity contribution in [3.63, 3.8) is 0 Å². The molecule has 2 aromatic carbocycles. The van der Waals surface area contributed by atoms with Crippen molar-refractivity contribution in [3.05, 3.63) is 57.8 Å². The fourth-order valence-corrected chi connectivity index (χ4v) is 4.69. The Morgan fingerprint density at radius 1 is 1.11 bits per heavy atom. The monoisotopic (exact) mass is 423 g/mol. The van der Waals surface area contributed by atoms with Crippen molar-refractivity contribution in [2.24, 2.45) is 0 Å². The molecule has 2 heterocycles. The van der Waals surface area contributed by atoms with E-state index in [0.29, 0.717) is 22.2 Å². The molecule has 2 atom stereocenters. The van der Waals surface area contributed by atoms with E-state index in [9.17, 15) is 14.3 Å². The number of benzene rings is 2. The summed E-state index contributed by atoms with van der Waals surface area (Å²) in [5.74, 6) is -1.14. The maximum atomic E-state index is 13.2. The Labute approximate surface area is 172 Å². The van der Waals surface area contributed by atoms with Crippen LogP contribution in [0.1, 0.15) is 18.0 Å². The second kappa shape index (κ2) is 7.78. The van der Waals surface area contributed by atoms with E-state index >= 15 is 0 Å². The molecule has 0 amide bonds. The number of hydrogen-bond donors (Lipinski definition) is 2. The number of anilines is 2. The molecule has 148 valence electrons. The van der Waals surface area contributed by atoms with Gasteiger partial charge >= 0.3 is 5.97 Å². The van der Waals surface area contributed by atoms with Crippen LogP contribution in [0.5, 0.6) is 0 Å². The van der Waals surface area contributed by atoms with Gasteiger partial charge < -0.3 is 15.3 Å². The number of carboxylic acid groups (broad SMARTS) is 1. The molecule has 2 aliphatic rings. The summed E-state index contributed by atoms with van der Waals surface area (Å²) in [5.41, 5.74) is 2.57. The maximum absolute atomic E-state index is 13.2. The third-order valence-corrected chi connectivity index (χ3v) is 5.99. The molecule has 4 rings (SSSR count). The number of rotatable bonds is 3. The standard InChI is InChI=1S/C20H20Cl2FN3O2/c21-12-9-15(22)19-16(10-12)24-17(20(27)28)11-18(19)26-7-5-25(6-8-26)14-3-1-13(23)2-4-14/h1-4,9-10,17-18,24H,5-8,11H2,(H,27,28). The van der Waals surface area contributed by atoms with Gasteiger partial charge in [-0.05, 0) is 42.8 Å². The topological polar surface area (TPSA) is 55.8 Å². The smallest absolute Gasteiger partial charge is 0.326 e. The summed E-state index contributed by atoms with van der Waals surface area (Å²) < 4.78 is 13.2. The van der Waals surface area contributed by atoms with Crippen LogP contribution >= 0.6 is 23.2 Å². The predicted octanol–water partition coefficient (Wildman–Crippen LogP) is 4.26. The van der Waals surface area contributed by atoms with Gasteiger partial charge in [-0.1, -0.05) is 23.2 Å². The lowest BCUT2D eigenvalue weighted by Crippen LogP contribution is -2.50. The summed E-state index contributed by atoms with van der Waals surface area (Å²) in [6.45, 7) is 3.06. The first-order valence-electron chi connectivity index (χ1n) is 9.15. The molecule has 2 unspecified atom stereocenters. The van der Waals surface area contributed by atoms with Gasteiger partial charge in [0, 0.05) is 59.2 Å².